The highest BCUT2D eigenvalue weighted by Crippen LogP contribution is 2.31. The maximum atomic E-state index is 11.3. The normalized spacial score (nSPS) is 35.7. The molecule has 0 heterocycles. The van der Waals surface area contributed by atoms with Crippen LogP contribution in [0.4, 0.5) is 0 Å². The Morgan fingerprint density at radius 1 is 1.75 bits per heavy atom. The summed E-state index contributed by atoms with van der Waals surface area (Å²) >= 11 is 0. The van der Waals surface area contributed by atoms with Crippen LogP contribution in [0.3, 0.4) is 0 Å². The van der Waals surface area contributed by atoms with E-state index in [4.69, 9.17) is 5.26 Å². The molecule has 0 N–H and O–H groups in total. The summed E-state index contributed by atoms with van der Waals surface area (Å²) in [6.07, 6.45) is 3.16. The first-order valence-corrected chi connectivity index (χ1v) is 4.24. The molecule has 0 aromatic heterocycles. The van der Waals surface area contributed by atoms with E-state index in [0.29, 0.717) is 6.42 Å². The van der Waals surface area contributed by atoms with Gasteiger partial charge in [0.15, 0.2) is 0 Å². The van der Waals surface area contributed by atoms with Gasteiger partial charge < -0.3 is 0 Å². The van der Waals surface area contributed by atoms with Gasteiger partial charge in [-0.25, -0.2) is 0 Å². The van der Waals surface area contributed by atoms with Gasteiger partial charge in [0.05, 0.1) is 12.0 Å². The summed E-state index contributed by atoms with van der Waals surface area (Å²) in [4.78, 5) is 11.3. The lowest BCUT2D eigenvalue weighted by molar-refractivity contribution is -0.126. The molecule has 3 unspecified atom stereocenters. The van der Waals surface area contributed by atoms with Crippen molar-refractivity contribution in [3.05, 3.63) is 12.7 Å². The molecule has 0 saturated heterocycles. The minimum atomic E-state index is -0.103. The first-order chi connectivity index (χ1) is 5.69. The number of nitrogens with zero attached hydrogens (tertiary/aromatic N) is 1. The van der Waals surface area contributed by atoms with Crippen LogP contribution >= 0.6 is 0 Å². The van der Waals surface area contributed by atoms with Crippen LogP contribution in [0.2, 0.25) is 0 Å². The Labute approximate surface area is 72.9 Å². The number of hydrogen-bond acceptors (Lipinski definition) is 2. The molecule has 0 amide bonds. The van der Waals surface area contributed by atoms with Crippen molar-refractivity contribution < 1.29 is 4.79 Å². The highest BCUT2D eigenvalue weighted by atomic mass is 16.1. The molecule has 2 heteroatoms. The van der Waals surface area contributed by atoms with Crippen LogP contribution in [0.5, 0.6) is 0 Å². The first-order valence-electron chi connectivity index (χ1n) is 4.24. The molecule has 0 aromatic carbocycles. The van der Waals surface area contributed by atoms with Crippen LogP contribution in [-0.4, -0.2) is 5.78 Å². The van der Waals surface area contributed by atoms with Crippen LogP contribution in [0.25, 0.3) is 0 Å². The minimum Gasteiger partial charge on any atom is -0.299 e. The first kappa shape index (κ1) is 8.99. The predicted molar refractivity (Wildman–Crippen MR) is 46.2 cm³/mol. The summed E-state index contributed by atoms with van der Waals surface area (Å²) in [5, 5.41) is 8.76. The molecule has 1 aliphatic carbocycles. The standard InChI is InChI=1S/C10H13NO/c1-3-8-4-9(6-11)7(2)10(12)5-8/h3,7-9H,1,4-5H2,2H3. The molecule has 0 aromatic rings. The molecule has 12 heavy (non-hydrogen) atoms. The van der Waals surface area contributed by atoms with Gasteiger partial charge in [0.1, 0.15) is 5.78 Å². The van der Waals surface area contributed by atoms with Crippen molar-refractivity contribution in [1.29, 1.82) is 5.26 Å². The van der Waals surface area contributed by atoms with E-state index in [-0.39, 0.29) is 23.5 Å². The van der Waals surface area contributed by atoms with Crippen LogP contribution in [0.15, 0.2) is 12.7 Å². The van der Waals surface area contributed by atoms with Crippen molar-refractivity contribution in [2.45, 2.75) is 19.8 Å². The van der Waals surface area contributed by atoms with E-state index < -0.39 is 0 Å². The highest BCUT2D eigenvalue weighted by molar-refractivity contribution is 5.82. The lowest BCUT2D eigenvalue weighted by atomic mass is 9.75. The maximum absolute atomic E-state index is 11.3. The number of ketones is 1. The summed E-state index contributed by atoms with van der Waals surface area (Å²) < 4.78 is 0. The summed E-state index contributed by atoms with van der Waals surface area (Å²) in [5.74, 6) is 0.247. The monoisotopic (exact) mass is 163 g/mol. The molecule has 0 aliphatic heterocycles. The van der Waals surface area contributed by atoms with Crippen LogP contribution in [0, 0.1) is 29.1 Å². The molecule has 0 bridgehead atoms. The molecular weight excluding hydrogens is 150 g/mol. The second-order valence-corrected chi connectivity index (χ2v) is 3.43. The fourth-order valence-electron chi connectivity index (χ4n) is 1.63. The van der Waals surface area contributed by atoms with Crippen LogP contribution in [0.1, 0.15) is 19.8 Å². The largest absolute Gasteiger partial charge is 0.299 e. The van der Waals surface area contributed by atoms with Gasteiger partial charge in [0, 0.05) is 12.3 Å². The number of hydrogen-bond donors (Lipinski definition) is 0. The van der Waals surface area contributed by atoms with Gasteiger partial charge >= 0.3 is 0 Å². The molecule has 1 aliphatic rings. The zero-order valence-corrected chi connectivity index (χ0v) is 7.29. The average Bonchev–Trinajstić information content (AvgIpc) is 2.09. The summed E-state index contributed by atoms with van der Waals surface area (Å²) in [6, 6.07) is 2.18. The lowest BCUT2D eigenvalue weighted by Crippen LogP contribution is -2.29. The molecule has 64 valence electrons. The second-order valence-electron chi connectivity index (χ2n) is 3.43. The summed E-state index contributed by atoms with van der Waals surface area (Å²) in [5.41, 5.74) is 0. The number of Topliss-reactive ketones (excluding diaryl/α,β-unsaturated/α-hetero) is 1. The Morgan fingerprint density at radius 2 is 2.42 bits per heavy atom. The fourth-order valence-corrected chi connectivity index (χ4v) is 1.63. The second kappa shape index (κ2) is 3.53. The van der Waals surface area contributed by atoms with E-state index in [9.17, 15) is 4.79 Å². The third kappa shape index (κ3) is 1.55. The molecule has 2 nitrogen and oxygen atoms in total. The highest BCUT2D eigenvalue weighted by Gasteiger charge is 2.32. The number of allylic oxidation sites excluding steroid dienone is 1. The Balaban J connectivity index is 2.72. The molecule has 0 spiro atoms. The van der Waals surface area contributed by atoms with E-state index in [2.05, 4.69) is 12.6 Å². The van der Waals surface area contributed by atoms with E-state index in [1.807, 2.05) is 6.92 Å². The predicted octanol–water partition coefficient (Wildman–Crippen LogP) is 1.93. The Kier molecular flexibility index (Phi) is 2.65. The smallest absolute Gasteiger partial charge is 0.137 e. The zero-order valence-electron chi connectivity index (χ0n) is 7.29. The van der Waals surface area contributed by atoms with Crippen molar-refractivity contribution in [2.75, 3.05) is 0 Å². The van der Waals surface area contributed by atoms with Crippen molar-refractivity contribution in [3.8, 4) is 6.07 Å². The topological polar surface area (TPSA) is 40.9 Å². The number of rotatable bonds is 1. The van der Waals surface area contributed by atoms with Crippen LogP contribution < -0.4 is 0 Å². The van der Waals surface area contributed by atoms with Gasteiger partial charge in [0.2, 0.25) is 0 Å². The van der Waals surface area contributed by atoms with Crippen molar-refractivity contribution in [3.63, 3.8) is 0 Å². The zero-order chi connectivity index (χ0) is 9.14. The number of carbonyl (C=O) groups excluding carboxylic acids is 1. The summed E-state index contributed by atoms with van der Waals surface area (Å²) in [7, 11) is 0. The lowest BCUT2D eigenvalue weighted by Gasteiger charge is -2.26. The van der Waals surface area contributed by atoms with Gasteiger partial charge in [-0.05, 0) is 12.3 Å². The van der Waals surface area contributed by atoms with Crippen molar-refractivity contribution in [1.82, 2.24) is 0 Å². The quantitative estimate of drug-likeness (QED) is 0.554. The maximum Gasteiger partial charge on any atom is 0.137 e. The molecule has 1 saturated carbocycles. The van der Waals surface area contributed by atoms with Gasteiger partial charge in [-0.2, -0.15) is 5.26 Å². The van der Waals surface area contributed by atoms with Gasteiger partial charge in [-0.15, -0.1) is 6.58 Å². The van der Waals surface area contributed by atoms with E-state index >= 15 is 0 Å². The molecule has 0 radical (unpaired) electrons. The Bertz CT molecular complexity index is 239. The Morgan fingerprint density at radius 3 is 2.92 bits per heavy atom. The van der Waals surface area contributed by atoms with Gasteiger partial charge in [0.25, 0.3) is 0 Å². The van der Waals surface area contributed by atoms with E-state index in [0.717, 1.165) is 6.42 Å². The van der Waals surface area contributed by atoms with Gasteiger partial charge in [-0.3, -0.25) is 4.79 Å². The molecule has 1 rings (SSSR count). The molecule has 3 atom stereocenters. The molecular formula is C10H13NO. The molecule has 1 fully saturated rings. The van der Waals surface area contributed by atoms with Crippen LogP contribution in [-0.2, 0) is 4.79 Å². The Hall–Kier alpha value is -1.10. The third-order valence-electron chi connectivity index (χ3n) is 2.63. The summed E-state index contributed by atoms with van der Waals surface area (Å²) in [6.45, 7) is 5.49. The van der Waals surface area contributed by atoms with Crippen molar-refractivity contribution in [2.24, 2.45) is 17.8 Å². The fraction of sp³-hybridized carbons (Fsp3) is 0.600. The van der Waals surface area contributed by atoms with Crippen molar-refractivity contribution >= 4 is 5.78 Å². The number of carbonyl (C=O) groups is 1. The third-order valence-corrected chi connectivity index (χ3v) is 2.63. The van der Waals surface area contributed by atoms with E-state index in [1.54, 1.807) is 6.08 Å². The van der Waals surface area contributed by atoms with Gasteiger partial charge in [-0.1, -0.05) is 13.0 Å². The average molecular weight is 163 g/mol. The van der Waals surface area contributed by atoms with E-state index in [1.165, 1.54) is 0 Å². The number of nitriles is 1. The minimum absolute atomic E-state index is 0.0776. The SMILES string of the molecule is C=CC1CC(=O)C(C)C(C#N)C1.